The summed E-state index contributed by atoms with van der Waals surface area (Å²) < 4.78 is 13.9. The molecule has 0 saturated carbocycles. The molecule has 0 fully saturated rings. The van der Waals surface area contributed by atoms with Crippen LogP contribution in [0.25, 0.3) is 0 Å². The predicted molar refractivity (Wildman–Crippen MR) is 76.1 cm³/mol. The smallest absolute Gasteiger partial charge is 0.124 e. The minimum atomic E-state index is -0.237. The van der Waals surface area contributed by atoms with Gasteiger partial charge in [0.05, 0.1) is 0 Å². The van der Waals surface area contributed by atoms with E-state index >= 15 is 0 Å². The summed E-state index contributed by atoms with van der Waals surface area (Å²) in [5.41, 5.74) is 1.93. The number of hydrogen-bond donors (Lipinski definition) is 1. The van der Waals surface area contributed by atoms with Crippen LogP contribution in [-0.2, 0) is 13.1 Å². The molecule has 0 unspecified atom stereocenters. The van der Waals surface area contributed by atoms with Gasteiger partial charge >= 0.3 is 0 Å². The van der Waals surface area contributed by atoms with Crippen molar-refractivity contribution in [2.24, 2.45) is 0 Å². The summed E-state index contributed by atoms with van der Waals surface area (Å²) in [5, 5.41) is 3.98. The molecular weight excluding hydrogens is 317 g/mol. The number of nitrogens with one attached hydrogen (secondary N) is 1. The van der Waals surface area contributed by atoms with Crippen LogP contribution in [0.5, 0.6) is 0 Å². The van der Waals surface area contributed by atoms with Gasteiger partial charge in [0.1, 0.15) is 5.82 Å². The van der Waals surface area contributed by atoms with E-state index < -0.39 is 0 Å². The first kappa shape index (κ1) is 13.5. The van der Waals surface area contributed by atoms with E-state index in [1.165, 1.54) is 12.1 Å². The van der Waals surface area contributed by atoms with Crippen LogP contribution in [0.4, 0.5) is 4.39 Å². The van der Waals surface area contributed by atoms with Gasteiger partial charge in [-0.05, 0) is 35.4 Å². The highest BCUT2D eigenvalue weighted by Crippen LogP contribution is 2.16. The van der Waals surface area contributed by atoms with Crippen LogP contribution in [0.1, 0.15) is 11.1 Å². The first-order valence-corrected chi connectivity index (χ1v) is 6.71. The lowest BCUT2D eigenvalue weighted by atomic mass is 10.2. The third-order valence-electron chi connectivity index (χ3n) is 2.52. The van der Waals surface area contributed by atoms with Gasteiger partial charge in [-0.3, -0.25) is 0 Å². The van der Waals surface area contributed by atoms with Crippen molar-refractivity contribution in [2.45, 2.75) is 13.1 Å². The Kier molecular flexibility index (Phi) is 4.75. The summed E-state index contributed by atoms with van der Waals surface area (Å²) in [4.78, 5) is 0. The van der Waals surface area contributed by atoms with Crippen molar-refractivity contribution in [3.05, 3.63) is 68.9 Å². The number of halogens is 3. The average molecular weight is 329 g/mol. The number of hydrogen-bond acceptors (Lipinski definition) is 1. The van der Waals surface area contributed by atoms with E-state index in [4.69, 9.17) is 11.6 Å². The second kappa shape index (κ2) is 6.32. The topological polar surface area (TPSA) is 12.0 Å². The molecule has 0 aliphatic rings. The van der Waals surface area contributed by atoms with Crippen LogP contribution in [0, 0.1) is 5.82 Å². The second-order valence-corrected chi connectivity index (χ2v) is 5.30. The molecule has 0 radical (unpaired) electrons. The third-order valence-corrected chi connectivity index (χ3v) is 3.35. The first-order valence-electron chi connectivity index (χ1n) is 5.54. The molecule has 0 heterocycles. The van der Waals surface area contributed by atoms with Crippen LogP contribution in [0.3, 0.4) is 0 Å². The molecule has 0 saturated heterocycles. The molecular formula is C14H12BrClFN. The molecule has 0 amide bonds. The van der Waals surface area contributed by atoms with Gasteiger partial charge in [-0.25, -0.2) is 4.39 Å². The molecule has 4 heteroatoms. The Morgan fingerprint density at radius 2 is 1.89 bits per heavy atom. The molecule has 0 atom stereocenters. The summed E-state index contributed by atoms with van der Waals surface area (Å²) in [5.74, 6) is -0.237. The third kappa shape index (κ3) is 3.80. The maximum Gasteiger partial charge on any atom is 0.124 e. The molecule has 2 aromatic rings. The molecule has 0 aromatic heterocycles. The normalized spacial score (nSPS) is 10.6. The molecule has 2 aromatic carbocycles. The van der Waals surface area contributed by atoms with Gasteiger partial charge in [0.15, 0.2) is 0 Å². The van der Waals surface area contributed by atoms with Crippen LogP contribution in [0.15, 0.2) is 46.9 Å². The van der Waals surface area contributed by atoms with Crippen molar-refractivity contribution in [2.75, 3.05) is 0 Å². The summed E-state index contributed by atoms with van der Waals surface area (Å²) in [7, 11) is 0. The molecule has 0 aliphatic carbocycles. The van der Waals surface area contributed by atoms with E-state index in [-0.39, 0.29) is 5.82 Å². The number of rotatable bonds is 4. The fourth-order valence-corrected chi connectivity index (χ4v) is 2.41. The lowest BCUT2D eigenvalue weighted by Crippen LogP contribution is -2.13. The van der Waals surface area contributed by atoms with Gasteiger partial charge in [0.25, 0.3) is 0 Å². The Labute approximate surface area is 119 Å². The molecule has 1 N–H and O–H groups in total. The minimum Gasteiger partial charge on any atom is -0.309 e. The predicted octanol–water partition coefficient (Wildman–Crippen LogP) is 4.53. The van der Waals surface area contributed by atoms with Crippen molar-refractivity contribution in [1.82, 2.24) is 5.32 Å². The molecule has 94 valence electrons. The van der Waals surface area contributed by atoms with E-state index in [0.717, 1.165) is 20.6 Å². The Balaban J connectivity index is 1.94. The van der Waals surface area contributed by atoms with Crippen LogP contribution in [0.2, 0.25) is 5.02 Å². The summed E-state index contributed by atoms with van der Waals surface area (Å²) in [6.45, 7) is 1.26. The first-order chi connectivity index (χ1) is 8.65. The van der Waals surface area contributed by atoms with E-state index in [1.54, 1.807) is 0 Å². The zero-order valence-corrected chi connectivity index (χ0v) is 11.9. The summed E-state index contributed by atoms with van der Waals surface area (Å²) in [6, 6.07) is 12.5. The quantitative estimate of drug-likeness (QED) is 0.869. The Hall–Kier alpha value is -0.900. The average Bonchev–Trinajstić information content (AvgIpc) is 2.30. The van der Waals surface area contributed by atoms with Crippen LogP contribution >= 0.6 is 27.5 Å². The fourth-order valence-electron chi connectivity index (χ4n) is 1.70. The largest absolute Gasteiger partial charge is 0.309 e. The lowest BCUT2D eigenvalue weighted by Gasteiger charge is -2.07. The second-order valence-electron chi connectivity index (χ2n) is 3.97. The number of benzene rings is 2. The van der Waals surface area contributed by atoms with Crippen molar-refractivity contribution >= 4 is 27.5 Å². The molecule has 0 aliphatic heterocycles. The lowest BCUT2D eigenvalue weighted by molar-refractivity contribution is 0.619. The molecule has 0 bridgehead atoms. The zero-order valence-electron chi connectivity index (χ0n) is 9.59. The molecule has 18 heavy (non-hydrogen) atoms. The van der Waals surface area contributed by atoms with E-state index in [9.17, 15) is 4.39 Å². The maximum absolute atomic E-state index is 13.2. The zero-order chi connectivity index (χ0) is 13.0. The molecule has 1 nitrogen and oxygen atoms in total. The van der Waals surface area contributed by atoms with Crippen LogP contribution in [-0.4, -0.2) is 0 Å². The Morgan fingerprint density at radius 1 is 1.11 bits per heavy atom. The highest BCUT2D eigenvalue weighted by molar-refractivity contribution is 9.10. The fraction of sp³-hybridized carbons (Fsp3) is 0.143. The van der Waals surface area contributed by atoms with Crippen LogP contribution < -0.4 is 5.32 Å². The highest BCUT2D eigenvalue weighted by atomic mass is 79.9. The van der Waals surface area contributed by atoms with E-state index in [1.807, 2.05) is 30.3 Å². The molecule has 2 rings (SSSR count). The highest BCUT2D eigenvalue weighted by Gasteiger charge is 2.01. The summed E-state index contributed by atoms with van der Waals surface area (Å²) >= 11 is 9.32. The Morgan fingerprint density at radius 3 is 2.61 bits per heavy atom. The van der Waals surface area contributed by atoms with Gasteiger partial charge in [-0.2, -0.15) is 0 Å². The standard InChI is InChI=1S/C14H12BrClFN/c15-12-5-10(6-13(17)7-12)8-18-9-11-3-1-2-4-14(11)16/h1-7,18H,8-9H2. The van der Waals surface area contributed by atoms with Gasteiger partial charge in [0, 0.05) is 22.6 Å². The van der Waals surface area contributed by atoms with Gasteiger partial charge in [-0.1, -0.05) is 45.7 Å². The van der Waals surface area contributed by atoms with Gasteiger partial charge < -0.3 is 5.32 Å². The van der Waals surface area contributed by atoms with E-state index in [2.05, 4.69) is 21.2 Å². The van der Waals surface area contributed by atoms with Gasteiger partial charge in [0.2, 0.25) is 0 Å². The van der Waals surface area contributed by atoms with E-state index in [0.29, 0.717) is 13.1 Å². The maximum atomic E-state index is 13.2. The van der Waals surface area contributed by atoms with Crippen molar-refractivity contribution in [1.29, 1.82) is 0 Å². The minimum absolute atomic E-state index is 0.237. The van der Waals surface area contributed by atoms with Gasteiger partial charge in [-0.15, -0.1) is 0 Å². The SMILES string of the molecule is Fc1cc(Br)cc(CNCc2ccccc2Cl)c1. The molecule has 0 spiro atoms. The Bertz CT molecular complexity index is 525. The van der Waals surface area contributed by atoms with Crippen molar-refractivity contribution in [3.8, 4) is 0 Å². The monoisotopic (exact) mass is 327 g/mol. The van der Waals surface area contributed by atoms with Crippen molar-refractivity contribution < 1.29 is 4.39 Å². The van der Waals surface area contributed by atoms with Crippen molar-refractivity contribution in [3.63, 3.8) is 0 Å². The summed E-state index contributed by atoms with van der Waals surface area (Å²) in [6.07, 6.45) is 0.